The normalized spacial score (nSPS) is 14.6. The Balaban J connectivity index is 5.40. The van der Waals surface area contributed by atoms with Crippen molar-refractivity contribution in [1.82, 2.24) is 16.0 Å². The predicted molar refractivity (Wildman–Crippen MR) is 102 cm³/mol. The minimum atomic E-state index is -1.63. The molecule has 0 saturated carbocycles. The van der Waals surface area contributed by atoms with Crippen LogP contribution >= 0.6 is 0 Å². The Hall–Kier alpha value is -3.26. The molecule has 3 amide bonds. The summed E-state index contributed by atoms with van der Waals surface area (Å²) in [6, 6.07) is -5.88. The fourth-order valence-corrected chi connectivity index (χ4v) is 2.32. The Kier molecular flexibility index (Phi) is 11.7. The largest absolute Gasteiger partial charge is 0.481 e. The van der Waals surface area contributed by atoms with Crippen molar-refractivity contribution in [2.75, 3.05) is 6.61 Å². The van der Waals surface area contributed by atoms with Crippen LogP contribution in [0.3, 0.4) is 0 Å². The average Bonchev–Trinajstić information content (AvgIpc) is 2.66. The van der Waals surface area contributed by atoms with Gasteiger partial charge in [0, 0.05) is 6.42 Å². The van der Waals surface area contributed by atoms with Gasteiger partial charge < -0.3 is 42.1 Å². The van der Waals surface area contributed by atoms with Crippen LogP contribution in [-0.4, -0.2) is 86.8 Å². The summed E-state index contributed by atoms with van der Waals surface area (Å²) in [5, 5.41) is 42.2. The van der Waals surface area contributed by atoms with Crippen molar-refractivity contribution >= 4 is 35.6 Å². The Labute approximate surface area is 177 Å². The molecule has 14 heteroatoms. The molecule has 9 N–H and O–H groups in total. The number of nitrogens with two attached hydrogens (primary N) is 1. The maximum atomic E-state index is 12.5. The lowest BCUT2D eigenvalue weighted by Crippen LogP contribution is -2.59. The van der Waals surface area contributed by atoms with Crippen LogP contribution in [0.5, 0.6) is 0 Å². The minimum absolute atomic E-state index is 0.397. The average molecular weight is 448 g/mol. The summed E-state index contributed by atoms with van der Waals surface area (Å²) < 4.78 is 0. The Bertz CT molecular complexity index is 696. The van der Waals surface area contributed by atoms with E-state index in [-0.39, 0.29) is 0 Å². The summed E-state index contributed by atoms with van der Waals surface area (Å²) in [6.07, 6.45) is -1.77. The molecule has 0 saturated heterocycles. The molecule has 0 aliphatic carbocycles. The van der Waals surface area contributed by atoms with Gasteiger partial charge in [0.2, 0.25) is 17.7 Å². The van der Waals surface area contributed by atoms with E-state index in [1.165, 1.54) is 13.8 Å². The Morgan fingerprint density at radius 1 is 0.806 bits per heavy atom. The SMILES string of the molecule is CC(C)C(NC(=O)C(CC(=O)O)NC(=O)C(N)CO)C(=O)NC(CCC(=O)O)C(=O)O. The van der Waals surface area contributed by atoms with Crippen LogP contribution in [0.4, 0.5) is 0 Å². The smallest absolute Gasteiger partial charge is 0.326 e. The summed E-state index contributed by atoms with van der Waals surface area (Å²) in [5.41, 5.74) is 5.32. The van der Waals surface area contributed by atoms with Gasteiger partial charge in [-0.15, -0.1) is 0 Å². The second-order valence-corrected chi connectivity index (χ2v) is 7.01. The molecule has 0 fully saturated rings. The summed E-state index contributed by atoms with van der Waals surface area (Å²) in [5.74, 6) is -7.74. The van der Waals surface area contributed by atoms with Crippen LogP contribution in [0.25, 0.3) is 0 Å². The van der Waals surface area contributed by atoms with Gasteiger partial charge in [-0.2, -0.15) is 0 Å². The number of nitrogens with one attached hydrogen (secondary N) is 3. The molecule has 0 aliphatic heterocycles. The number of hydrogen-bond acceptors (Lipinski definition) is 8. The zero-order valence-electron chi connectivity index (χ0n) is 17.0. The van der Waals surface area contributed by atoms with E-state index in [0.29, 0.717) is 0 Å². The van der Waals surface area contributed by atoms with Gasteiger partial charge >= 0.3 is 17.9 Å². The number of carbonyl (C=O) groups excluding carboxylic acids is 3. The lowest BCUT2D eigenvalue weighted by Gasteiger charge is -2.26. The van der Waals surface area contributed by atoms with Gasteiger partial charge in [-0.3, -0.25) is 24.0 Å². The van der Waals surface area contributed by atoms with Crippen LogP contribution in [0, 0.1) is 5.92 Å². The summed E-state index contributed by atoms with van der Waals surface area (Å²) >= 11 is 0. The monoisotopic (exact) mass is 448 g/mol. The van der Waals surface area contributed by atoms with Crippen molar-refractivity contribution in [2.45, 2.75) is 57.3 Å². The molecular formula is C17H28N4O10. The third kappa shape index (κ3) is 10.4. The van der Waals surface area contributed by atoms with E-state index < -0.39 is 91.6 Å². The maximum absolute atomic E-state index is 12.5. The first-order chi connectivity index (χ1) is 14.3. The van der Waals surface area contributed by atoms with Gasteiger partial charge in [-0.1, -0.05) is 13.8 Å². The van der Waals surface area contributed by atoms with Gasteiger partial charge in [-0.25, -0.2) is 4.79 Å². The van der Waals surface area contributed by atoms with E-state index in [2.05, 4.69) is 16.0 Å². The number of aliphatic hydroxyl groups excluding tert-OH is 1. The van der Waals surface area contributed by atoms with Crippen molar-refractivity contribution in [1.29, 1.82) is 0 Å². The van der Waals surface area contributed by atoms with Crippen molar-refractivity contribution in [3.63, 3.8) is 0 Å². The first kappa shape index (κ1) is 27.7. The second kappa shape index (κ2) is 13.1. The van der Waals surface area contributed by atoms with E-state index in [0.717, 1.165) is 0 Å². The summed E-state index contributed by atoms with van der Waals surface area (Å²) in [4.78, 5) is 69.8. The van der Waals surface area contributed by atoms with Crippen LogP contribution in [0.15, 0.2) is 0 Å². The zero-order chi connectivity index (χ0) is 24.3. The lowest BCUT2D eigenvalue weighted by atomic mass is 10.0. The number of rotatable bonds is 14. The molecule has 176 valence electrons. The number of amides is 3. The first-order valence-corrected chi connectivity index (χ1v) is 9.24. The summed E-state index contributed by atoms with van der Waals surface area (Å²) in [7, 11) is 0. The zero-order valence-corrected chi connectivity index (χ0v) is 17.0. The molecule has 0 heterocycles. The molecule has 4 unspecified atom stereocenters. The summed E-state index contributed by atoms with van der Waals surface area (Å²) in [6.45, 7) is 2.28. The Morgan fingerprint density at radius 3 is 1.77 bits per heavy atom. The fourth-order valence-electron chi connectivity index (χ4n) is 2.32. The van der Waals surface area contributed by atoms with E-state index >= 15 is 0 Å². The number of hydrogen-bond donors (Lipinski definition) is 8. The highest BCUT2D eigenvalue weighted by molar-refractivity contribution is 5.95. The standard InChI is InChI=1S/C17H28N4O10/c1-7(2)13(16(29)19-9(17(30)31)3-4-11(23)24)21-15(28)10(5-12(25)26)20-14(27)8(18)6-22/h7-10,13,22H,3-6,18H2,1-2H3,(H,19,29)(H,20,27)(H,21,28)(H,23,24)(H,25,26)(H,30,31). The number of carboxylic acids is 3. The van der Waals surface area contributed by atoms with Crippen LogP contribution < -0.4 is 21.7 Å². The quantitative estimate of drug-likeness (QED) is 0.132. The van der Waals surface area contributed by atoms with Gasteiger partial charge in [0.25, 0.3) is 0 Å². The van der Waals surface area contributed by atoms with E-state index in [1.807, 2.05) is 0 Å². The highest BCUT2D eigenvalue weighted by atomic mass is 16.4. The van der Waals surface area contributed by atoms with Gasteiger partial charge in [-0.05, 0) is 12.3 Å². The molecule has 0 aromatic rings. The third-order valence-corrected chi connectivity index (χ3v) is 4.05. The molecule has 0 radical (unpaired) electrons. The topological polar surface area (TPSA) is 245 Å². The van der Waals surface area contributed by atoms with Crippen molar-refractivity contribution in [3.8, 4) is 0 Å². The maximum Gasteiger partial charge on any atom is 0.326 e. The molecule has 0 aliphatic rings. The number of carboxylic acid groups (broad SMARTS) is 3. The molecular weight excluding hydrogens is 420 g/mol. The predicted octanol–water partition coefficient (Wildman–Crippen LogP) is -3.16. The van der Waals surface area contributed by atoms with E-state index in [1.54, 1.807) is 0 Å². The van der Waals surface area contributed by atoms with Crippen LogP contribution in [0.1, 0.15) is 33.1 Å². The number of aliphatic carboxylic acids is 3. The van der Waals surface area contributed by atoms with Crippen molar-refractivity contribution in [3.05, 3.63) is 0 Å². The van der Waals surface area contributed by atoms with E-state index in [9.17, 15) is 28.8 Å². The first-order valence-electron chi connectivity index (χ1n) is 9.24. The highest BCUT2D eigenvalue weighted by Crippen LogP contribution is 2.06. The fraction of sp³-hybridized carbons (Fsp3) is 0.647. The van der Waals surface area contributed by atoms with E-state index in [4.69, 9.17) is 26.2 Å². The number of carbonyl (C=O) groups is 6. The van der Waals surface area contributed by atoms with Gasteiger partial charge in [0.05, 0.1) is 13.0 Å². The number of aliphatic hydroxyl groups is 1. The van der Waals surface area contributed by atoms with Crippen molar-refractivity contribution in [2.24, 2.45) is 11.7 Å². The molecule has 0 spiro atoms. The molecule has 0 aromatic heterocycles. The van der Waals surface area contributed by atoms with Crippen molar-refractivity contribution < 1.29 is 49.2 Å². The van der Waals surface area contributed by atoms with Crippen LogP contribution in [-0.2, 0) is 28.8 Å². The highest BCUT2D eigenvalue weighted by Gasteiger charge is 2.32. The molecule has 0 aromatic carbocycles. The molecule has 4 atom stereocenters. The third-order valence-electron chi connectivity index (χ3n) is 4.05. The van der Waals surface area contributed by atoms with Gasteiger partial charge in [0.15, 0.2) is 0 Å². The minimum Gasteiger partial charge on any atom is -0.481 e. The van der Waals surface area contributed by atoms with Crippen LogP contribution in [0.2, 0.25) is 0 Å². The second-order valence-electron chi connectivity index (χ2n) is 7.01. The Morgan fingerprint density at radius 2 is 1.35 bits per heavy atom. The lowest BCUT2D eigenvalue weighted by molar-refractivity contribution is -0.144. The molecule has 31 heavy (non-hydrogen) atoms. The molecule has 0 bridgehead atoms. The molecule has 14 nitrogen and oxygen atoms in total. The molecule has 0 rings (SSSR count). The van der Waals surface area contributed by atoms with Gasteiger partial charge in [0.1, 0.15) is 24.2 Å².